The van der Waals surface area contributed by atoms with Gasteiger partial charge < -0.3 is 19.7 Å². The molecule has 1 aliphatic carbocycles. The first-order valence-electron chi connectivity index (χ1n) is 15.2. The zero-order chi connectivity index (χ0) is 28.9. The van der Waals surface area contributed by atoms with E-state index in [2.05, 4.69) is 21.2 Å². The third-order valence-corrected chi connectivity index (χ3v) is 9.72. The predicted octanol–water partition coefficient (Wildman–Crippen LogP) is 3.46. The van der Waals surface area contributed by atoms with Gasteiger partial charge in [-0.3, -0.25) is 14.6 Å². The van der Waals surface area contributed by atoms with Gasteiger partial charge >= 0.3 is 6.09 Å². The Morgan fingerprint density at radius 3 is 2.71 bits per heavy atom. The number of piperidine rings is 1. The lowest BCUT2D eigenvalue weighted by Crippen LogP contribution is -2.55. The van der Waals surface area contributed by atoms with Crippen LogP contribution in [0, 0.1) is 29.0 Å². The molecule has 7 atom stereocenters. The second-order valence-electron chi connectivity index (χ2n) is 13.5. The lowest BCUT2D eigenvalue weighted by molar-refractivity contribution is -0.128. The van der Waals surface area contributed by atoms with Crippen molar-refractivity contribution in [2.75, 3.05) is 37.7 Å². The number of nitrogens with one attached hydrogen (secondary N) is 1. The van der Waals surface area contributed by atoms with E-state index in [1.807, 2.05) is 6.07 Å². The third-order valence-electron chi connectivity index (χ3n) is 9.72. The highest BCUT2D eigenvalue weighted by Gasteiger charge is 2.52. The molecule has 0 spiro atoms. The van der Waals surface area contributed by atoms with Gasteiger partial charge in [0, 0.05) is 56.5 Å². The van der Waals surface area contributed by atoms with Crippen LogP contribution in [0.5, 0.6) is 0 Å². The van der Waals surface area contributed by atoms with Gasteiger partial charge in [-0.2, -0.15) is 5.26 Å². The standard InChI is InChI=1S/C31H42FN5O4/c1-31(2,3)41-30(39)37-24-7-5-20(13-24)28(37)29(38)34-22(15-33)12-19-4-6-23(14-26(19)32)36-10-8-21-16-35(17-27(21)36)25-9-11-40-18-25/h4,6,14,20-22,24-25,27-28H,5,7-13,16-18H2,1-3H3,(H,34,38)/t20-,21?,22-,24+,25?,27?,28-/m0/s1. The summed E-state index contributed by atoms with van der Waals surface area (Å²) in [7, 11) is 0. The number of nitrogens with zero attached hydrogens (tertiary/aromatic N) is 4. The van der Waals surface area contributed by atoms with Crippen molar-refractivity contribution in [1.82, 2.24) is 15.1 Å². The van der Waals surface area contributed by atoms with Crippen LogP contribution in [0.3, 0.4) is 0 Å². The van der Waals surface area contributed by atoms with Crippen molar-refractivity contribution < 1.29 is 23.5 Å². The number of carbonyl (C=O) groups excluding carboxylic acids is 2. The van der Waals surface area contributed by atoms with E-state index in [1.54, 1.807) is 37.8 Å². The molecule has 0 radical (unpaired) electrons. The van der Waals surface area contributed by atoms with Crippen molar-refractivity contribution in [1.29, 1.82) is 5.26 Å². The first-order valence-corrected chi connectivity index (χ1v) is 15.2. The van der Waals surface area contributed by atoms with Crippen LogP contribution in [0.1, 0.15) is 58.4 Å². The fourth-order valence-corrected chi connectivity index (χ4v) is 7.81. The van der Waals surface area contributed by atoms with E-state index >= 15 is 4.39 Å². The number of halogens is 1. The third kappa shape index (κ3) is 5.63. The van der Waals surface area contributed by atoms with E-state index in [1.165, 1.54) is 0 Å². The average molecular weight is 568 g/mol. The van der Waals surface area contributed by atoms with Gasteiger partial charge in [0.2, 0.25) is 5.91 Å². The normalized spacial score (nSPS) is 31.8. The highest BCUT2D eigenvalue weighted by Crippen LogP contribution is 2.43. The summed E-state index contributed by atoms with van der Waals surface area (Å²) in [4.78, 5) is 32.8. The van der Waals surface area contributed by atoms with Crippen molar-refractivity contribution in [3.05, 3.63) is 29.6 Å². The topological polar surface area (TPSA) is 98.1 Å². The highest BCUT2D eigenvalue weighted by atomic mass is 19.1. The number of carbonyl (C=O) groups is 2. The molecule has 4 heterocycles. The van der Waals surface area contributed by atoms with Gasteiger partial charge in [-0.25, -0.2) is 9.18 Å². The molecule has 1 aromatic rings. The fraction of sp³-hybridized carbons (Fsp3) is 0.710. The van der Waals surface area contributed by atoms with Crippen molar-refractivity contribution >= 4 is 17.7 Å². The van der Waals surface area contributed by atoms with Crippen LogP contribution in [-0.2, 0) is 20.7 Å². The highest BCUT2D eigenvalue weighted by molar-refractivity contribution is 5.87. The molecule has 5 aliphatic rings. The molecule has 10 heteroatoms. The summed E-state index contributed by atoms with van der Waals surface area (Å²) in [6.07, 6.45) is 4.22. The lowest BCUT2D eigenvalue weighted by atomic mass is 9.97. The molecule has 9 nitrogen and oxygen atoms in total. The molecule has 2 bridgehead atoms. The SMILES string of the molecule is CC(C)(C)OC(=O)N1[C@@H]2CC[C@@H](C2)[C@H]1C(=O)N[C@H](C#N)Cc1ccc(N2CCC3CN(C4CCOC4)CC32)cc1F. The van der Waals surface area contributed by atoms with Gasteiger partial charge in [-0.15, -0.1) is 0 Å². The van der Waals surface area contributed by atoms with Crippen molar-refractivity contribution in [3.8, 4) is 6.07 Å². The number of amides is 2. The van der Waals surface area contributed by atoms with E-state index in [4.69, 9.17) is 9.47 Å². The zero-order valence-electron chi connectivity index (χ0n) is 24.4. The molecule has 1 saturated carbocycles. The Kier molecular flexibility index (Phi) is 7.62. The van der Waals surface area contributed by atoms with E-state index < -0.39 is 23.8 Å². The molecular formula is C31H42FN5O4. The molecule has 4 saturated heterocycles. The zero-order valence-corrected chi connectivity index (χ0v) is 24.4. The summed E-state index contributed by atoms with van der Waals surface area (Å²) in [5.41, 5.74) is 0.594. The van der Waals surface area contributed by atoms with Crippen molar-refractivity contribution in [3.63, 3.8) is 0 Å². The molecule has 5 fully saturated rings. The summed E-state index contributed by atoms with van der Waals surface area (Å²) in [6.45, 7) is 10.0. The van der Waals surface area contributed by atoms with E-state index in [-0.39, 0.29) is 30.1 Å². The molecule has 1 N–H and O–H groups in total. The second kappa shape index (κ2) is 11.1. The first-order chi connectivity index (χ1) is 19.6. The monoisotopic (exact) mass is 567 g/mol. The van der Waals surface area contributed by atoms with Gasteiger partial charge in [0.15, 0.2) is 0 Å². The summed E-state index contributed by atoms with van der Waals surface area (Å²) < 4.78 is 26.6. The molecule has 4 aliphatic heterocycles. The van der Waals surface area contributed by atoms with Gasteiger partial charge in [0.25, 0.3) is 0 Å². The number of rotatable bonds is 6. The van der Waals surface area contributed by atoms with E-state index in [0.717, 1.165) is 70.6 Å². The molecule has 2 amide bonds. The van der Waals surface area contributed by atoms with Crippen LogP contribution < -0.4 is 10.2 Å². The number of ether oxygens (including phenoxy) is 2. The lowest BCUT2D eigenvalue weighted by Gasteiger charge is -2.35. The van der Waals surface area contributed by atoms with E-state index in [9.17, 15) is 14.9 Å². The number of anilines is 1. The van der Waals surface area contributed by atoms with Crippen LogP contribution in [0.25, 0.3) is 0 Å². The average Bonchev–Trinajstić information content (AvgIpc) is 3.73. The molecule has 6 rings (SSSR count). The number of nitriles is 1. The Bertz CT molecular complexity index is 1210. The van der Waals surface area contributed by atoms with Gasteiger partial charge in [0.1, 0.15) is 23.5 Å². The number of hydrogen-bond acceptors (Lipinski definition) is 7. The van der Waals surface area contributed by atoms with Gasteiger partial charge in [0.05, 0.1) is 12.7 Å². The van der Waals surface area contributed by atoms with E-state index in [0.29, 0.717) is 23.6 Å². The minimum Gasteiger partial charge on any atom is -0.444 e. The Morgan fingerprint density at radius 2 is 2.00 bits per heavy atom. The number of likely N-dealkylation sites (tertiary alicyclic amines) is 2. The maximum atomic E-state index is 15.4. The van der Waals surface area contributed by atoms with Crippen LogP contribution in [0.4, 0.5) is 14.9 Å². The maximum Gasteiger partial charge on any atom is 0.411 e. The number of hydrogen-bond donors (Lipinski definition) is 1. The predicted molar refractivity (Wildman–Crippen MR) is 151 cm³/mol. The maximum absolute atomic E-state index is 15.4. The fourth-order valence-electron chi connectivity index (χ4n) is 7.81. The minimum atomic E-state index is -0.907. The Labute approximate surface area is 241 Å². The Hall–Kier alpha value is -2.90. The van der Waals surface area contributed by atoms with Gasteiger partial charge in [-0.1, -0.05) is 6.07 Å². The Morgan fingerprint density at radius 1 is 1.17 bits per heavy atom. The Balaban J connectivity index is 1.09. The molecule has 1 aromatic carbocycles. The van der Waals surface area contributed by atoms with Crippen LogP contribution in [-0.4, -0.2) is 90.5 Å². The molecular weight excluding hydrogens is 525 g/mol. The molecule has 222 valence electrons. The largest absolute Gasteiger partial charge is 0.444 e. The summed E-state index contributed by atoms with van der Waals surface area (Å²) in [5, 5.41) is 12.7. The van der Waals surface area contributed by atoms with Crippen LogP contribution in [0.15, 0.2) is 18.2 Å². The second-order valence-corrected chi connectivity index (χ2v) is 13.5. The van der Waals surface area contributed by atoms with Crippen LogP contribution in [0.2, 0.25) is 0 Å². The number of benzene rings is 1. The smallest absolute Gasteiger partial charge is 0.411 e. The number of fused-ring (bicyclic) bond motifs is 3. The summed E-state index contributed by atoms with van der Waals surface area (Å²) in [5.74, 6) is -0.106. The first kappa shape index (κ1) is 28.2. The van der Waals surface area contributed by atoms with Crippen molar-refractivity contribution in [2.24, 2.45) is 11.8 Å². The molecule has 41 heavy (non-hydrogen) atoms. The quantitative estimate of drug-likeness (QED) is 0.562. The van der Waals surface area contributed by atoms with Crippen LogP contribution >= 0.6 is 0 Å². The molecule has 3 unspecified atom stereocenters. The summed E-state index contributed by atoms with van der Waals surface area (Å²) >= 11 is 0. The van der Waals surface area contributed by atoms with Crippen molar-refractivity contribution in [2.45, 2.75) is 95.1 Å². The minimum absolute atomic E-state index is 0.0280. The summed E-state index contributed by atoms with van der Waals surface area (Å²) in [6, 6.07) is 6.67. The molecule has 0 aromatic heterocycles. The van der Waals surface area contributed by atoms with Gasteiger partial charge in [-0.05, 0) is 82.4 Å².